The van der Waals surface area contributed by atoms with Gasteiger partial charge in [-0.3, -0.25) is 0 Å². The summed E-state index contributed by atoms with van der Waals surface area (Å²) < 4.78 is 45.6. The van der Waals surface area contributed by atoms with E-state index in [1.54, 1.807) is 85.8 Å². The minimum atomic E-state index is -3.78. The number of esters is 1. The Kier molecular flexibility index (Phi) is 7.28. The lowest BCUT2D eigenvalue weighted by molar-refractivity contribution is 0.0130. The summed E-state index contributed by atoms with van der Waals surface area (Å²) in [5.41, 5.74) is 0.825. The molecule has 4 rings (SSSR count). The Labute approximate surface area is 208 Å². The number of hydrogen-bond donors (Lipinski definition) is 0. The first kappa shape index (κ1) is 24.6. The van der Waals surface area contributed by atoms with E-state index in [4.69, 9.17) is 25.8 Å². The van der Waals surface area contributed by atoms with Gasteiger partial charge in [-0.05, 0) is 60.7 Å². The molecule has 0 unspecified atom stereocenters. The number of amidine groups is 1. The molecule has 0 bridgehead atoms. The molecule has 182 valence electrons. The van der Waals surface area contributed by atoms with Crippen molar-refractivity contribution in [2.45, 2.75) is 11.0 Å². The zero-order valence-electron chi connectivity index (χ0n) is 19.0. The number of carbonyl (C=O) groups excluding carboxylic acids is 1. The fourth-order valence-electron chi connectivity index (χ4n) is 3.55. The van der Waals surface area contributed by atoms with Crippen LogP contribution in [0.25, 0.3) is 0 Å². The van der Waals surface area contributed by atoms with Gasteiger partial charge in [0, 0.05) is 17.6 Å². The van der Waals surface area contributed by atoms with E-state index in [0.717, 1.165) is 0 Å². The van der Waals surface area contributed by atoms with E-state index in [2.05, 4.69) is 4.40 Å². The summed E-state index contributed by atoms with van der Waals surface area (Å²) in [7, 11) is -0.526. The molecule has 0 aromatic heterocycles. The highest BCUT2D eigenvalue weighted by molar-refractivity contribution is 7.90. The molecule has 0 spiro atoms. The normalized spacial score (nSPS) is 14.4. The highest BCUT2D eigenvalue weighted by Gasteiger charge is 2.32. The first-order valence-corrected chi connectivity index (χ1v) is 12.5. The van der Waals surface area contributed by atoms with Gasteiger partial charge in [0.15, 0.2) is 11.9 Å². The molecule has 0 saturated heterocycles. The van der Waals surface area contributed by atoms with Crippen molar-refractivity contribution in [3.8, 4) is 11.5 Å². The van der Waals surface area contributed by atoms with E-state index in [-0.39, 0.29) is 23.9 Å². The van der Waals surface area contributed by atoms with E-state index in [1.807, 2.05) is 0 Å². The van der Waals surface area contributed by atoms with Gasteiger partial charge in [-0.25, -0.2) is 4.79 Å². The quantitative estimate of drug-likeness (QED) is 0.419. The molecule has 35 heavy (non-hydrogen) atoms. The van der Waals surface area contributed by atoms with E-state index in [1.165, 1.54) is 6.07 Å². The Bertz CT molecular complexity index is 1340. The summed E-state index contributed by atoms with van der Waals surface area (Å²) in [5.74, 6) is 0.964. The SMILES string of the molecule is COc1ccc(OC[C@H](CN(C)C2=NS(=O)(=O)c3ccccc32)OC(=O)c2ccc(Cl)cc2)cc1. The van der Waals surface area contributed by atoms with Crippen LogP contribution in [0.4, 0.5) is 0 Å². The predicted molar refractivity (Wildman–Crippen MR) is 132 cm³/mol. The van der Waals surface area contributed by atoms with Gasteiger partial charge in [-0.2, -0.15) is 8.42 Å². The van der Waals surface area contributed by atoms with Crippen LogP contribution in [0.5, 0.6) is 11.5 Å². The van der Waals surface area contributed by atoms with Crippen LogP contribution in [0, 0.1) is 0 Å². The van der Waals surface area contributed by atoms with Gasteiger partial charge in [0.2, 0.25) is 0 Å². The average Bonchev–Trinajstić information content (AvgIpc) is 3.14. The molecule has 0 aliphatic carbocycles. The molecular formula is C25H23ClN2O6S. The smallest absolute Gasteiger partial charge is 0.338 e. The number of sulfonamides is 1. The summed E-state index contributed by atoms with van der Waals surface area (Å²) in [5, 5.41) is 0.500. The van der Waals surface area contributed by atoms with Crippen molar-refractivity contribution < 1.29 is 27.4 Å². The van der Waals surface area contributed by atoms with E-state index in [0.29, 0.717) is 27.6 Å². The summed E-state index contributed by atoms with van der Waals surface area (Å²) in [6.07, 6.45) is -0.747. The number of halogens is 1. The van der Waals surface area contributed by atoms with Crippen molar-refractivity contribution in [2.24, 2.45) is 4.40 Å². The standard InChI is InChI=1S/C25H23ClN2O6S/c1-28(24-22-5-3-4-6-23(22)35(30,31)27-24)15-21(16-33-20-13-11-19(32-2)12-14-20)34-25(29)17-7-9-18(26)10-8-17/h3-14,21H,15-16H2,1-2H3/t21-/m0/s1. The van der Waals surface area contributed by atoms with Crippen LogP contribution in [-0.4, -0.2) is 58.5 Å². The van der Waals surface area contributed by atoms with E-state index in [9.17, 15) is 13.2 Å². The minimum Gasteiger partial charge on any atom is -0.497 e. The number of benzene rings is 3. The maximum Gasteiger partial charge on any atom is 0.338 e. The summed E-state index contributed by atoms with van der Waals surface area (Å²) in [6, 6.07) is 19.9. The first-order valence-electron chi connectivity index (χ1n) is 10.7. The van der Waals surface area contributed by atoms with Gasteiger partial charge in [-0.1, -0.05) is 23.7 Å². The van der Waals surface area contributed by atoms with Gasteiger partial charge >= 0.3 is 5.97 Å². The zero-order valence-corrected chi connectivity index (χ0v) is 20.6. The lowest BCUT2D eigenvalue weighted by atomic mass is 10.2. The Morgan fingerprint density at radius 1 is 1.00 bits per heavy atom. The highest BCUT2D eigenvalue weighted by atomic mass is 35.5. The van der Waals surface area contributed by atoms with Gasteiger partial charge in [0.05, 0.1) is 19.2 Å². The van der Waals surface area contributed by atoms with Crippen molar-refractivity contribution in [1.82, 2.24) is 4.90 Å². The second-order valence-electron chi connectivity index (χ2n) is 7.79. The predicted octanol–water partition coefficient (Wildman–Crippen LogP) is 4.03. The molecule has 0 N–H and O–H groups in total. The third kappa shape index (κ3) is 5.75. The van der Waals surface area contributed by atoms with Crippen molar-refractivity contribution in [2.75, 3.05) is 27.3 Å². The van der Waals surface area contributed by atoms with Gasteiger partial charge < -0.3 is 19.1 Å². The number of likely N-dealkylation sites (N-methyl/N-ethyl adjacent to an activating group) is 1. The molecule has 0 saturated carbocycles. The molecule has 0 radical (unpaired) electrons. The maximum absolute atomic E-state index is 12.8. The molecule has 1 aliphatic rings. The largest absolute Gasteiger partial charge is 0.497 e. The average molecular weight is 515 g/mol. The maximum atomic E-state index is 12.8. The second-order valence-corrected chi connectivity index (χ2v) is 9.80. The van der Waals surface area contributed by atoms with Gasteiger partial charge in [0.1, 0.15) is 23.0 Å². The number of ether oxygens (including phenoxy) is 3. The van der Waals surface area contributed by atoms with Crippen LogP contribution in [-0.2, 0) is 14.8 Å². The van der Waals surface area contributed by atoms with Crippen LogP contribution >= 0.6 is 11.6 Å². The number of nitrogens with zero attached hydrogens (tertiary/aromatic N) is 2. The number of carbonyl (C=O) groups is 1. The molecule has 10 heteroatoms. The third-order valence-electron chi connectivity index (χ3n) is 5.30. The number of rotatable bonds is 8. The fourth-order valence-corrected chi connectivity index (χ4v) is 4.92. The second kappa shape index (κ2) is 10.4. The van der Waals surface area contributed by atoms with E-state index >= 15 is 0 Å². The molecule has 0 fully saturated rings. The van der Waals surface area contributed by atoms with Crippen LogP contribution in [0.3, 0.4) is 0 Å². The fraction of sp³-hybridized carbons (Fsp3) is 0.200. The van der Waals surface area contributed by atoms with E-state index < -0.39 is 22.1 Å². The molecule has 1 aliphatic heterocycles. The Morgan fingerprint density at radius 2 is 1.66 bits per heavy atom. The molecule has 8 nitrogen and oxygen atoms in total. The minimum absolute atomic E-state index is 0.0255. The van der Waals surface area contributed by atoms with Crippen molar-refractivity contribution in [1.29, 1.82) is 0 Å². The molecule has 1 heterocycles. The van der Waals surface area contributed by atoms with Gasteiger partial charge in [-0.15, -0.1) is 4.40 Å². The summed E-state index contributed by atoms with van der Waals surface area (Å²) in [4.78, 5) is 14.6. The molecule has 0 amide bonds. The Hall–Kier alpha value is -3.56. The number of methoxy groups -OCH3 is 1. The highest BCUT2D eigenvalue weighted by Crippen LogP contribution is 2.27. The van der Waals surface area contributed by atoms with Crippen molar-refractivity contribution in [3.05, 3.63) is 88.9 Å². The third-order valence-corrected chi connectivity index (χ3v) is 6.88. The van der Waals surface area contributed by atoms with Crippen LogP contribution in [0.2, 0.25) is 5.02 Å². The lowest BCUT2D eigenvalue weighted by Gasteiger charge is -2.26. The summed E-state index contributed by atoms with van der Waals surface area (Å²) in [6.45, 7) is 0.163. The Morgan fingerprint density at radius 3 is 2.34 bits per heavy atom. The van der Waals surface area contributed by atoms with Crippen molar-refractivity contribution >= 4 is 33.4 Å². The molecular weight excluding hydrogens is 492 g/mol. The number of fused-ring (bicyclic) bond motifs is 1. The monoisotopic (exact) mass is 514 g/mol. The van der Waals surface area contributed by atoms with Crippen LogP contribution < -0.4 is 9.47 Å². The lowest BCUT2D eigenvalue weighted by Crippen LogP contribution is -2.39. The van der Waals surface area contributed by atoms with Gasteiger partial charge in [0.25, 0.3) is 10.0 Å². The zero-order chi connectivity index (χ0) is 25.0. The van der Waals surface area contributed by atoms with Crippen LogP contribution in [0.1, 0.15) is 15.9 Å². The molecule has 3 aromatic rings. The van der Waals surface area contributed by atoms with Crippen LogP contribution in [0.15, 0.2) is 82.1 Å². The number of hydrogen-bond acceptors (Lipinski definition) is 7. The topological polar surface area (TPSA) is 94.5 Å². The molecule has 3 aromatic carbocycles. The molecule has 1 atom stereocenters. The Balaban J connectivity index is 1.53. The van der Waals surface area contributed by atoms with Crippen molar-refractivity contribution in [3.63, 3.8) is 0 Å². The summed E-state index contributed by atoms with van der Waals surface area (Å²) >= 11 is 5.92. The first-order chi connectivity index (χ1) is 16.8.